The number of aromatic nitrogens is 2. The van der Waals surface area contributed by atoms with Crippen LogP contribution in [0.4, 0.5) is 0 Å². The molecule has 0 amide bonds. The molecule has 0 atom stereocenters. The van der Waals surface area contributed by atoms with E-state index in [-0.39, 0.29) is 0 Å². The van der Waals surface area contributed by atoms with E-state index >= 15 is 0 Å². The average Bonchev–Trinajstić information content (AvgIpc) is 3.74. The molecule has 0 radical (unpaired) electrons. The summed E-state index contributed by atoms with van der Waals surface area (Å²) in [6.07, 6.45) is 9.11. The van der Waals surface area contributed by atoms with Crippen molar-refractivity contribution in [2.24, 2.45) is 0 Å². The fourth-order valence-electron chi connectivity index (χ4n) is 7.04. The molecule has 7 aromatic rings. The number of imidazole rings is 1. The van der Waals surface area contributed by atoms with Crippen molar-refractivity contribution < 1.29 is 0 Å². The molecule has 2 aromatic heterocycles. The predicted molar refractivity (Wildman–Crippen MR) is 183 cm³/mol. The lowest BCUT2D eigenvalue weighted by Gasteiger charge is -2.13. The Morgan fingerprint density at radius 2 is 1.49 bits per heavy atom. The van der Waals surface area contributed by atoms with Crippen LogP contribution in [0.1, 0.15) is 34.9 Å². The first kappa shape index (κ1) is 24.6. The molecule has 3 heteroatoms. The SMILES string of the molecule is C/C=C1\c2ccccc2-c2ccc(-n3c(-c4ccc(-c5cccc6c7c(sc56)C=CCC7)cc4)nc4ccccc43)cc21. The first-order valence-corrected chi connectivity index (χ1v) is 15.8. The van der Waals surface area contributed by atoms with Crippen LogP contribution in [0.5, 0.6) is 0 Å². The second-order valence-electron chi connectivity index (χ2n) is 11.4. The first-order valence-electron chi connectivity index (χ1n) is 15.0. The summed E-state index contributed by atoms with van der Waals surface area (Å²) in [5, 5.41) is 1.41. The fourth-order valence-corrected chi connectivity index (χ4v) is 8.36. The summed E-state index contributed by atoms with van der Waals surface area (Å²) in [4.78, 5) is 6.59. The average molecular weight is 569 g/mol. The highest BCUT2D eigenvalue weighted by atomic mass is 32.1. The Morgan fingerprint density at radius 1 is 0.721 bits per heavy atom. The normalized spacial score (nSPS) is 14.4. The van der Waals surface area contributed by atoms with Gasteiger partial charge in [-0.15, -0.1) is 11.3 Å². The van der Waals surface area contributed by atoms with Gasteiger partial charge in [-0.3, -0.25) is 4.57 Å². The summed E-state index contributed by atoms with van der Waals surface area (Å²) < 4.78 is 3.71. The number of rotatable bonds is 3. The largest absolute Gasteiger partial charge is 0.292 e. The van der Waals surface area contributed by atoms with Gasteiger partial charge in [0.15, 0.2) is 0 Å². The highest BCUT2D eigenvalue weighted by molar-refractivity contribution is 7.20. The minimum absolute atomic E-state index is 0.958. The van der Waals surface area contributed by atoms with E-state index < -0.39 is 0 Å². The van der Waals surface area contributed by atoms with Gasteiger partial charge in [-0.1, -0.05) is 97.1 Å². The number of allylic oxidation sites excluding steroid dienone is 2. The summed E-state index contributed by atoms with van der Waals surface area (Å²) in [6, 6.07) is 39.8. The van der Waals surface area contributed by atoms with Crippen molar-refractivity contribution >= 4 is 44.1 Å². The van der Waals surface area contributed by atoms with Gasteiger partial charge in [0, 0.05) is 20.8 Å². The number of hydrogen-bond donors (Lipinski definition) is 0. The Kier molecular flexibility index (Phi) is 5.44. The van der Waals surface area contributed by atoms with Crippen LogP contribution in [-0.4, -0.2) is 9.55 Å². The molecule has 0 fully saturated rings. The van der Waals surface area contributed by atoms with Gasteiger partial charge < -0.3 is 0 Å². The fraction of sp³-hybridized carbons (Fsp3) is 0.0750. The highest BCUT2D eigenvalue weighted by Crippen LogP contribution is 2.46. The predicted octanol–water partition coefficient (Wildman–Crippen LogP) is 11.0. The van der Waals surface area contributed by atoms with Crippen LogP contribution in [0.25, 0.3) is 72.1 Å². The lowest BCUT2D eigenvalue weighted by molar-refractivity contribution is 1.01. The molecule has 5 aromatic carbocycles. The van der Waals surface area contributed by atoms with Crippen molar-refractivity contribution in [3.8, 4) is 39.3 Å². The van der Waals surface area contributed by atoms with Crippen LogP contribution >= 0.6 is 11.3 Å². The summed E-state index contributed by atoms with van der Waals surface area (Å²) in [5.41, 5.74) is 14.9. The molecule has 0 spiro atoms. The Bertz CT molecular complexity index is 2290. The van der Waals surface area contributed by atoms with Crippen molar-refractivity contribution in [2.75, 3.05) is 0 Å². The number of aryl methyl sites for hydroxylation is 1. The molecule has 2 aliphatic rings. The smallest absolute Gasteiger partial charge is 0.145 e. The lowest BCUT2D eigenvalue weighted by Crippen LogP contribution is -1.98. The molecule has 0 bridgehead atoms. The number of nitrogens with zero attached hydrogens (tertiary/aromatic N) is 2. The Morgan fingerprint density at radius 3 is 2.37 bits per heavy atom. The maximum absolute atomic E-state index is 5.17. The van der Waals surface area contributed by atoms with Crippen molar-refractivity contribution in [2.45, 2.75) is 19.8 Å². The van der Waals surface area contributed by atoms with E-state index in [0.717, 1.165) is 41.0 Å². The number of thiophene rings is 1. The van der Waals surface area contributed by atoms with Crippen molar-refractivity contribution in [3.63, 3.8) is 0 Å². The molecule has 2 aliphatic carbocycles. The van der Waals surface area contributed by atoms with E-state index in [9.17, 15) is 0 Å². The van der Waals surface area contributed by atoms with E-state index in [1.54, 1.807) is 0 Å². The minimum atomic E-state index is 0.958. The molecular weight excluding hydrogens is 541 g/mol. The van der Waals surface area contributed by atoms with E-state index in [2.05, 4.69) is 139 Å². The van der Waals surface area contributed by atoms with Gasteiger partial charge in [0.25, 0.3) is 0 Å². The van der Waals surface area contributed by atoms with Gasteiger partial charge in [0.05, 0.1) is 11.0 Å². The van der Waals surface area contributed by atoms with Crippen LogP contribution in [-0.2, 0) is 6.42 Å². The van der Waals surface area contributed by atoms with E-state index in [4.69, 9.17) is 4.98 Å². The second kappa shape index (κ2) is 9.52. The van der Waals surface area contributed by atoms with Crippen LogP contribution in [0.3, 0.4) is 0 Å². The number of hydrogen-bond acceptors (Lipinski definition) is 2. The first-order chi connectivity index (χ1) is 21.3. The van der Waals surface area contributed by atoms with Gasteiger partial charge in [-0.25, -0.2) is 4.98 Å². The highest BCUT2D eigenvalue weighted by Gasteiger charge is 2.24. The molecule has 204 valence electrons. The summed E-state index contributed by atoms with van der Waals surface area (Å²) >= 11 is 1.92. The second-order valence-corrected chi connectivity index (χ2v) is 12.4. The lowest BCUT2D eigenvalue weighted by atomic mass is 9.97. The van der Waals surface area contributed by atoms with Crippen molar-refractivity contribution in [3.05, 3.63) is 143 Å². The molecule has 0 aliphatic heterocycles. The van der Waals surface area contributed by atoms with Gasteiger partial charge in [-0.05, 0) is 100 Å². The molecule has 43 heavy (non-hydrogen) atoms. The van der Waals surface area contributed by atoms with E-state index in [0.29, 0.717) is 0 Å². The van der Waals surface area contributed by atoms with Crippen LogP contribution < -0.4 is 0 Å². The monoisotopic (exact) mass is 568 g/mol. The Labute approximate surface area is 254 Å². The number of fused-ring (bicyclic) bond motifs is 7. The van der Waals surface area contributed by atoms with E-state index in [1.165, 1.54) is 59.5 Å². The molecular formula is C40H28N2S. The van der Waals surface area contributed by atoms with Crippen molar-refractivity contribution in [1.29, 1.82) is 0 Å². The third kappa shape index (κ3) is 3.68. The molecule has 0 N–H and O–H groups in total. The molecule has 0 unspecified atom stereocenters. The minimum Gasteiger partial charge on any atom is -0.292 e. The zero-order valence-corrected chi connectivity index (χ0v) is 24.7. The quantitative estimate of drug-likeness (QED) is 0.207. The zero-order valence-electron chi connectivity index (χ0n) is 23.8. The van der Waals surface area contributed by atoms with Crippen LogP contribution in [0.15, 0.2) is 121 Å². The summed E-state index contributed by atoms with van der Waals surface area (Å²) in [7, 11) is 0. The van der Waals surface area contributed by atoms with Gasteiger partial charge in [0.2, 0.25) is 0 Å². The molecule has 0 saturated carbocycles. The van der Waals surface area contributed by atoms with E-state index in [1.807, 2.05) is 11.3 Å². The van der Waals surface area contributed by atoms with Crippen LogP contribution in [0.2, 0.25) is 0 Å². The molecule has 2 heterocycles. The maximum Gasteiger partial charge on any atom is 0.145 e. The maximum atomic E-state index is 5.17. The van der Waals surface area contributed by atoms with Crippen molar-refractivity contribution in [1.82, 2.24) is 9.55 Å². The number of benzene rings is 5. The zero-order chi connectivity index (χ0) is 28.5. The Hall–Kier alpha value is -4.99. The topological polar surface area (TPSA) is 17.8 Å². The third-order valence-electron chi connectivity index (χ3n) is 9.04. The third-order valence-corrected chi connectivity index (χ3v) is 10.3. The van der Waals surface area contributed by atoms with Gasteiger partial charge in [0.1, 0.15) is 5.82 Å². The Balaban J connectivity index is 1.17. The van der Waals surface area contributed by atoms with Gasteiger partial charge >= 0.3 is 0 Å². The summed E-state index contributed by atoms with van der Waals surface area (Å²) in [5.74, 6) is 0.958. The standard InChI is InChI=1S/C40H28N2S/c1-2-28-30-10-3-4-11-31(30)32-23-22-27(24-35(28)32)42-37-16-7-6-15-36(37)41-40(42)26-20-18-25(19-21-26)29-13-9-14-34-33-12-5-8-17-38(33)43-39(29)34/h2-4,6-11,13-24H,5,12H2,1H3/b28-2+. The van der Waals surface area contributed by atoms with Crippen LogP contribution in [0, 0.1) is 0 Å². The molecule has 9 rings (SSSR count). The number of para-hydroxylation sites is 2. The summed E-state index contributed by atoms with van der Waals surface area (Å²) in [6.45, 7) is 2.14. The molecule has 0 saturated heterocycles. The molecule has 2 nitrogen and oxygen atoms in total. The van der Waals surface area contributed by atoms with Gasteiger partial charge in [-0.2, -0.15) is 0 Å².